The quantitative estimate of drug-likeness (QED) is 0.766. The zero-order valence-electron chi connectivity index (χ0n) is 14.2. The van der Waals surface area contributed by atoms with E-state index in [1.807, 2.05) is 39.1 Å². The summed E-state index contributed by atoms with van der Waals surface area (Å²) in [7, 11) is 0. The van der Waals surface area contributed by atoms with Crippen molar-refractivity contribution in [2.75, 3.05) is 18.4 Å². The van der Waals surface area contributed by atoms with E-state index in [4.69, 9.17) is 0 Å². The second kappa shape index (κ2) is 7.25. The molecule has 2 amide bonds. The normalized spacial score (nSPS) is 15.3. The Balaban J connectivity index is 1.32. The number of imidazole rings is 1. The molecule has 0 saturated carbocycles. The number of amides is 2. The predicted octanol–water partition coefficient (Wildman–Crippen LogP) is 2.37. The third-order valence-electron chi connectivity index (χ3n) is 4.71. The van der Waals surface area contributed by atoms with E-state index >= 15 is 0 Å². The lowest BCUT2D eigenvalue weighted by atomic mass is 9.96. The number of thiazole rings is 1. The number of rotatable bonds is 4. The first-order chi connectivity index (χ1) is 12.7. The van der Waals surface area contributed by atoms with Gasteiger partial charge in [0.05, 0.1) is 17.4 Å². The highest BCUT2D eigenvalue weighted by atomic mass is 32.1. The first kappa shape index (κ1) is 16.7. The molecule has 1 saturated heterocycles. The molecule has 0 spiro atoms. The van der Waals surface area contributed by atoms with Crippen LogP contribution >= 0.6 is 11.3 Å². The summed E-state index contributed by atoms with van der Waals surface area (Å²) in [5.74, 6) is -0.0170. The lowest BCUT2D eigenvalue weighted by Crippen LogP contribution is -2.42. The van der Waals surface area contributed by atoms with Gasteiger partial charge in [-0.3, -0.25) is 9.59 Å². The van der Waals surface area contributed by atoms with Crippen molar-refractivity contribution in [2.45, 2.75) is 19.4 Å². The van der Waals surface area contributed by atoms with Crippen LogP contribution in [0.3, 0.4) is 0 Å². The van der Waals surface area contributed by atoms with E-state index in [1.165, 1.54) is 11.3 Å². The first-order valence-electron chi connectivity index (χ1n) is 8.59. The zero-order valence-corrected chi connectivity index (χ0v) is 15.0. The van der Waals surface area contributed by atoms with Crippen molar-refractivity contribution in [3.8, 4) is 0 Å². The van der Waals surface area contributed by atoms with Crippen molar-refractivity contribution in [1.29, 1.82) is 0 Å². The minimum atomic E-state index is -0.0722. The molecule has 1 aliphatic rings. The number of nitrogens with zero attached hydrogens (tertiary/aromatic N) is 4. The van der Waals surface area contributed by atoms with Crippen molar-refractivity contribution < 1.29 is 9.59 Å². The van der Waals surface area contributed by atoms with Crippen molar-refractivity contribution in [3.05, 3.63) is 42.2 Å². The van der Waals surface area contributed by atoms with E-state index < -0.39 is 0 Å². The van der Waals surface area contributed by atoms with E-state index in [0.29, 0.717) is 31.1 Å². The van der Waals surface area contributed by atoms with Gasteiger partial charge in [-0.05, 0) is 25.0 Å². The highest BCUT2D eigenvalue weighted by molar-refractivity contribution is 7.13. The van der Waals surface area contributed by atoms with Gasteiger partial charge in [-0.25, -0.2) is 9.97 Å². The molecule has 4 rings (SSSR count). The Morgan fingerprint density at radius 2 is 2.00 bits per heavy atom. The molecular formula is C18H19N5O2S. The van der Waals surface area contributed by atoms with Crippen LogP contribution < -0.4 is 5.32 Å². The number of carbonyl (C=O) groups excluding carboxylic acids is 2. The van der Waals surface area contributed by atoms with Gasteiger partial charge in [0, 0.05) is 30.6 Å². The van der Waals surface area contributed by atoms with Gasteiger partial charge in [-0.15, -0.1) is 11.3 Å². The number of carbonyl (C=O) groups is 2. The average Bonchev–Trinajstić information content (AvgIpc) is 3.32. The fraction of sp³-hybridized carbons (Fsp3) is 0.333. The summed E-state index contributed by atoms with van der Waals surface area (Å²) in [5.41, 5.74) is 1.84. The third-order valence-corrected chi connectivity index (χ3v) is 5.40. The smallest absolute Gasteiger partial charge is 0.242 e. The molecule has 1 fully saturated rings. The van der Waals surface area contributed by atoms with Gasteiger partial charge in [-0.2, -0.15) is 0 Å². The molecule has 0 atom stereocenters. The van der Waals surface area contributed by atoms with Crippen molar-refractivity contribution in [1.82, 2.24) is 19.4 Å². The Labute approximate surface area is 154 Å². The molecule has 0 aliphatic carbocycles. The molecule has 1 aromatic carbocycles. The van der Waals surface area contributed by atoms with Gasteiger partial charge in [0.2, 0.25) is 11.8 Å². The number of hydrogen-bond donors (Lipinski definition) is 1. The number of anilines is 1. The molecule has 7 nitrogen and oxygen atoms in total. The van der Waals surface area contributed by atoms with Gasteiger partial charge in [0.25, 0.3) is 0 Å². The van der Waals surface area contributed by atoms with Crippen LogP contribution in [-0.4, -0.2) is 44.3 Å². The fourth-order valence-electron chi connectivity index (χ4n) is 3.27. The molecule has 26 heavy (non-hydrogen) atoms. The Morgan fingerprint density at radius 1 is 1.19 bits per heavy atom. The summed E-state index contributed by atoms with van der Waals surface area (Å²) in [6, 6.07) is 7.77. The minimum Gasteiger partial charge on any atom is -0.341 e. The van der Waals surface area contributed by atoms with Crippen LogP contribution in [0, 0.1) is 5.92 Å². The Morgan fingerprint density at radius 3 is 2.77 bits per heavy atom. The molecular weight excluding hydrogens is 350 g/mol. The predicted molar refractivity (Wildman–Crippen MR) is 99.8 cm³/mol. The van der Waals surface area contributed by atoms with Gasteiger partial charge in [0.1, 0.15) is 6.54 Å². The summed E-state index contributed by atoms with van der Waals surface area (Å²) in [6.45, 7) is 1.47. The van der Waals surface area contributed by atoms with Crippen LogP contribution in [-0.2, 0) is 16.1 Å². The van der Waals surface area contributed by atoms with Crippen molar-refractivity contribution in [2.24, 2.45) is 5.92 Å². The number of fused-ring (bicyclic) bond motifs is 1. The molecule has 0 radical (unpaired) electrons. The number of likely N-dealkylation sites (tertiary alicyclic amines) is 1. The molecule has 8 heteroatoms. The van der Waals surface area contributed by atoms with Gasteiger partial charge < -0.3 is 14.8 Å². The lowest BCUT2D eigenvalue weighted by Gasteiger charge is -2.31. The van der Waals surface area contributed by atoms with Crippen LogP contribution in [0.4, 0.5) is 5.13 Å². The maximum absolute atomic E-state index is 12.6. The van der Waals surface area contributed by atoms with E-state index in [2.05, 4.69) is 15.3 Å². The zero-order chi connectivity index (χ0) is 17.9. The van der Waals surface area contributed by atoms with Crippen molar-refractivity contribution >= 4 is 39.3 Å². The van der Waals surface area contributed by atoms with Crippen LogP contribution in [0.1, 0.15) is 12.8 Å². The monoisotopic (exact) mass is 369 g/mol. The average molecular weight is 369 g/mol. The molecule has 3 heterocycles. The van der Waals surface area contributed by atoms with Crippen LogP contribution in [0.25, 0.3) is 11.0 Å². The maximum Gasteiger partial charge on any atom is 0.242 e. The van der Waals surface area contributed by atoms with Crippen LogP contribution in [0.5, 0.6) is 0 Å². The van der Waals surface area contributed by atoms with E-state index in [9.17, 15) is 9.59 Å². The Hall–Kier alpha value is -2.74. The van der Waals surface area contributed by atoms with Gasteiger partial charge >= 0.3 is 0 Å². The molecule has 3 aromatic rings. The summed E-state index contributed by atoms with van der Waals surface area (Å²) in [5, 5.41) is 5.30. The van der Waals surface area contributed by atoms with Crippen LogP contribution in [0.15, 0.2) is 42.2 Å². The highest BCUT2D eigenvalue weighted by Gasteiger charge is 2.27. The summed E-state index contributed by atoms with van der Waals surface area (Å²) in [4.78, 5) is 35.1. The van der Waals surface area contributed by atoms with E-state index in [1.54, 1.807) is 12.5 Å². The minimum absolute atomic E-state index is 0.00680. The second-order valence-corrected chi connectivity index (χ2v) is 7.24. The summed E-state index contributed by atoms with van der Waals surface area (Å²) < 4.78 is 1.87. The number of hydrogen-bond acceptors (Lipinski definition) is 5. The highest BCUT2D eigenvalue weighted by Crippen LogP contribution is 2.21. The van der Waals surface area contributed by atoms with Crippen molar-refractivity contribution in [3.63, 3.8) is 0 Å². The number of para-hydroxylation sites is 2. The molecule has 134 valence electrons. The second-order valence-electron chi connectivity index (χ2n) is 6.34. The summed E-state index contributed by atoms with van der Waals surface area (Å²) in [6.07, 6.45) is 4.72. The van der Waals surface area contributed by atoms with Gasteiger partial charge in [0.15, 0.2) is 5.13 Å². The van der Waals surface area contributed by atoms with Crippen LogP contribution in [0.2, 0.25) is 0 Å². The SMILES string of the molecule is O=C(Nc1nccs1)C1CCN(C(=O)Cn2cnc3ccccc32)CC1. The maximum atomic E-state index is 12.6. The molecule has 1 N–H and O–H groups in total. The number of piperidine rings is 1. The standard InChI is InChI=1S/C18H19N5O2S/c24-16(11-23-12-20-14-3-1-2-4-15(14)23)22-8-5-13(6-9-22)17(25)21-18-19-7-10-26-18/h1-4,7,10,12-13H,5-6,8-9,11H2,(H,19,21,25). The largest absolute Gasteiger partial charge is 0.341 e. The number of benzene rings is 1. The molecule has 0 unspecified atom stereocenters. The Bertz CT molecular complexity index is 913. The first-order valence-corrected chi connectivity index (χ1v) is 9.46. The molecule has 2 aromatic heterocycles. The summed E-state index contributed by atoms with van der Waals surface area (Å²) >= 11 is 1.41. The fourth-order valence-corrected chi connectivity index (χ4v) is 3.80. The number of aromatic nitrogens is 3. The molecule has 1 aliphatic heterocycles. The Kier molecular flexibility index (Phi) is 4.66. The number of nitrogens with one attached hydrogen (secondary N) is 1. The molecule has 0 bridgehead atoms. The lowest BCUT2D eigenvalue weighted by molar-refractivity contribution is -0.135. The van der Waals surface area contributed by atoms with E-state index in [-0.39, 0.29) is 24.3 Å². The van der Waals surface area contributed by atoms with E-state index in [0.717, 1.165) is 11.0 Å². The topological polar surface area (TPSA) is 80.1 Å². The van der Waals surface area contributed by atoms with Gasteiger partial charge in [-0.1, -0.05) is 12.1 Å². The third kappa shape index (κ3) is 3.45.